The highest BCUT2D eigenvalue weighted by Gasteiger charge is 2.29. The molecule has 0 saturated carbocycles. The van der Waals surface area contributed by atoms with Gasteiger partial charge in [-0.1, -0.05) is 413 Å². The quantitative estimate of drug-likeness (QED) is 0.133. The summed E-state index contributed by atoms with van der Waals surface area (Å²) in [5.41, 5.74) is 37.3. The van der Waals surface area contributed by atoms with Crippen molar-refractivity contribution in [2.45, 2.75) is 19.3 Å². The molecule has 0 heteroatoms. The molecule has 0 fully saturated rings. The van der Waals surface area contributed by atoms with Crippen molar-refractivity contribution in [3.63, 3.8) is 0 Å². The van der Waals surface area contributed by atoms with Gasteiger partial charge in [0, 0.05) is 0 Å². The highest BCUT2D eigenvalue weighted by atomic mass is 14.3. The van der Waals surface area contributed by atoms with Crippen LogP contribution in [0.3, 0.4) is 0 Å². The lowest BCUT2D eigenvalue weighted by Crippen LogP contribution is -1.91. The summed E-state index contributed by atoms with van der Waals surface area (Å²) in [5, 5.41) is 23.7. The first kappa shape index (κ1) is 71.5. The van der Waals surface area contributed by atoms with Crippen LogP contribution in [-0.2, 0) is 19.3 Å². The van der Waals surface area contributed by atoms with Crippen LogP contribution in [0.25, 0.3) is 219 Å². The van der Waals surface area contributed by atoms with Gasteiger partial charge in [0.1, 0.15) is 0 Å². The van der Waals surface area contributed by atoms with Gasteiger partial charge in [0.2, 0.25) is 0 Å². The van der Waals surface area contributed by atoms with Crippen molar-refractivity contribution in [1.82, 2.24) is 0 Å². The molecule has 0 atom stereocenters. The van der Waals surface area contributed by atoms with Crippen molar-refractivity contribution in [2.24, 2.45) is 0 Å². The third kappa shape index (κ3) is 12.2. The summed E-state index contributed by atoms with van der Waals surface area (Å²) in [6.45, 7) is 0. The van der Waals surface area contributed by atoms with Crippen LogP contribution in [0.1, 0.15) is 33.4 Å². The molecule has 0 radical (unpaired) electrons. The Hall–Kier alpha value is -15.6. The first-order valence-electron chi connectivity index (χ1n) is 43.1. The topological polar surface area (TPSA) is 0 Å². The fourth-order valence-electron chi connectivity index (χ4n) is 21.1. The van der Waals surface area contributed by atoms with Crippen LogP contribution in [0.15, 0.2) is 449 Å². The van der Waals surface area contributed by atoms with Crippen LogP contribution in [0.5, 0.6) is 0 Å². The summed E-state index contributed by atoms with van der Waals surface area (Å²) >= 11 is 0. The minimum Gasteiger partial charge on any atom is -0.0622 e. The molecule has 0 bridgehead atoms. The van der Waals surface area contributed by atoms with Crippen molar-refractivity contribution < 1.29 is 0 Å². The second kappa shape index (κ2) is 29.7. The zero-order valence-corrected chi connectivity index (χ0v) is 67.8. The van der Waals surface area contributed by atoms with Crippen LogP contribution in [-0.4, -0.2) is 0 Å². The summed E-state index contributed by atoms with van der Waals surface area (Å²) in [6, 6.07) is 165. The highest BCUT2D eigenvalue weighted by molar-refractivity contribution is 6.28. The van der Waals surface area contributed by atoms with E-state index in [0.29, 0.717) is 0 Å². The number of rotatable bonds is 8. The molecular weight excluding hydrogens is 1480 g/mol. The standard InChI is InChI=1S/2C43H28.C37H24/c1-2-10-28(11-3-1)29-20-22-30(23-21-29)32-16-8-18-38-39-19-9-17-33(43(39)27-42(32)38)31-24-25-40-36-14-5-4-12-34(36)35-13-6-7-15-37(35)41(40)26-31;1-2-11-28(12-3-1)31-23-32(25-33(24-31)35-19-10-20-36-34-14-5-4-13-30(34)27-42(35)36)29-21-22-41-39-17-7-6-15-37(39)38-16-8-9-18-40(38)43(41)26-29;1-2-10-24(11-3-1)26-16-8-18-32-33-19-9-17-27(37(33)23-36(26)32)25-20-21-34-30-14-5-4-12-28(30)29-13-6-7-15-31(29)35(34)22-25/h2*1-26H,27H2;1-22H,23H2. The van der Waals surface area contributed by atoms with Gasteiger partial charge in [0.05, 0.1) is 0 Å². The Labute approximate surface area is 715 Å². The molecule has 0 N–H and O–H groups in total. The van der Waals surface area contributed by atoms with Gasteiger partial charge in [-0.3, -0.25) is 0 Å². The van der Waals surface area contributed by atoms with Crippen LogP contribution in [0.4, 0.5) is 0 Å². The van der Waals surface area contributed by atoms with Crippen LogP contribution in [0.2, 0.25) is 0 Å². The van der Waals surface area contributed by atoms with E-state index < -0.39 is 0 Å². The number of hydrogen-bond donors (Lipinski definition) is 0. The molecule has 0 amide bonds. The van der Waals surface area contributed by atoms with E-state index in [2.05, 4.69) is 449 Å². The maximum Gasteiger partial charge on any atom is -0.000112 e. The minimum atomic E-state index is 0.938. The Morgan fingerprint density at radius 2 is 0.309 bits per heavy atom. The monoisotopic (exact) mass is 1560 g/mol. The van der Waals surface area contributed by atoms with Crippen molar-refractivity contribution in [2.75, 3.05) is 0 Å². The summed E-state index contributed by atoms with van der Waals surface area (Å²) < 4.78 is 0. The fraction of sp³-hybridized carbons (Fsp3) is 0.0244. The van der Waals surface area contributed by atoms with E-state index >= 15 is 0 Å². The smallest absolute Gasteiger partial charge is 0.000112 e. The Kier molecular flexibility index (Phi) is 17.3. The molecule has 0 unspecified atom stereocenters. The van der Waals surface area contributed by atoms with Crippen molar-refractivity contribution in [3.05, 3.63) is 482 Å². The SMILES string of the molecule is c1ccc(-c2cc(-c3ccc4c5ccccc5c5ccccc5c4c3)cc(-c3cccc4c3Cc3ccccc3-4)c2)cc1.c1ccc(-c2ccc(-c3cccc4c3Cc3c(-c5ccc6c7ccccc7c7ccccc7c6c5)cccc3-4)cc2)cc1.c1ccc(-c2cccc3c2Cc2c(-c4ccc5c6ccccc6c6ccccc6c5c4)cccc2-3)cc1. The number of fused-ring (bicyclic) bond motifs is 27. The van der Waals surface area contributed by atoms with Gasteiger partial charge in [-0.25, -0.2) is 0 Å². The zero-order valence-electron chi connectivity index (χ0n) is 67.8. The maximum absolute atomic E-state index is 2.42. The first-order valence-corrected chi connectivity index (χ1v) is 43.1. The maximum atomic E-state index is 2.42. The van der Waals surface area contributed by atoms with Crippen molar-refractivity contribution in [1.29, 1.82) is 0 Å². The third-order valence-corrected chi connectivity index (χ3v) is 26.8. The van der Waals surface area contributed by atoms with E-state index in [0.717, 1.165) is 19.3 Å². The second-order valence-corrected chi connectivity index (χ2v) is 33.4. The highest BCUT2D eigenvalue weighted by Crippen LogP contribution is 2.51. The van der Waals surface area contributed by atoms with E-state index in [4.69, 9.17) is 0 Å². The number of benzene rings is 23. The second-order valence-electron chi connectivity index (χ2n) is 33.4. The molecule has 3 aliphatic carbocycles. The van der Waals surface area contributed by atoms with Gasteiger partial charge < -0.3 is 0 Å². The van der Waals surface area contributed by atoms with E-state index in [1.54, 1.807) is 0 Å². The fourth-order valence-corrected chi connectivity index (χ4v) is 21.1. The summed E-state index contributed by atoms with van der Waals surface area (Å²) in [4.78, 5) is 0. The molecule has 0 spiro atoms. The average Bonchev–Trinajstić information content (AvgIpc) is 1.75. The molecule has 3 aliphatic rings. The van der Waals surface area contributed by atoms with Crippen molar-refractivity contribution >= 4 is 97.0 Å². The van der Waals surface area contributed by atoms with Gasteiger partial charge in [-0.15, -0.1) is 0 Å². The average molecular weight is 1560 g/mol. The van der Waals surface area contributed by atoms with Gasteiger partial charge >= 0.3 is 0 Å². The molecule has 0 heterocycles. The Bertz CT molecular complexity index is 8130. The van der Waals surface area contributed by atoms with Gasteiger partial charge in [-0.2, -0.15) is 0 Å². The van der Waals surface area contributed by atoms with Crippen LogP contribution < -0.4 is 0 Å². The Morgan fingerprint density at radius 1 is 0.0976 bits per heavy atom. The summed E-state index contributed by atoms with van der Waals surface area (Å²) in [6.07, 6.45) is 2.87. The van der Waals surface area contributed by atoms with Crippen LogP contribution >= 0.6 is 0 Å². The Balaban J connectivity index is 0.000000104. The van der Waals surface area contributed by atoms with Crippen LogP contribution in [0, 0.1) is 0 Å². The summed E-state index contributed by atoms with van der Waals surface area (Å²) in [7, 11) is 0. The third-order valence-electron chi connectivity index (χ3n) is 26.8. The van der Waals surface area contributed by atoms with Gasteiger partial charge in [0.25, 0.3) is 0 Å². The molecule has 23 aromatic rings. The molecule has 0 aliphatic heterocycles. The molecule has 26 rings (SSSR count). The predicted octanol–water partition coefficient (Wildman–Crippen LogP) is 33.5. The van der Waals surface area contributed by atoms with Gasteiger partial charge in [0.15, 0.2) is 0 Å². The molecule has 23 aromatic carbocycles. The lowest BCUT2D eigenvalue weighted by molar-refractivity contribution is 1.26. The molecule has 572 valence electrons. The lowest BCUT2D eigenvalue weighted by Gasteiger charge is -2.15. The first-order chi connectivity index (χ1) is 61.0. The molecular formula is C123H80. The number of hydrogen-bond acceptors (Lipinski definition) is 0. The predicted molar refractivity (Wildman–Crippen MR) is 525 cm³/mol. The van der Waals surface area contributed by atoms with E-state index in [-0.39, 0.29) is 0 Å². The van der Waals surface area contributed by atoms with E-state index in [1.165, 1.54) is 253 Å². The molecule has 0 aromatic heterocycles. The minimum absolute atomic E-state index is 0.938. The molecule has 123 heavy (non-hydrogen) atoms. The molecule has 0 nitrogen and oxygen atoms in total. The summed E-state index contributed by atoms with van der Waals surface area (Å²) in [5.74, 6) is 0. The van der Waals surface area contributed by atoms with Crippen molar-refractivity contribution in [3.8, 4) is 122 Å². The Morgan fingerprint density at radius 3 is 0.691 bits per heavy atom. The largest absolute Gasteiger partial charge is 0.0622 e. The zero-order chi connectivity index (χ0) is 81.0. The molecule has 0 saturated heterocycles. The van der Waals surface area contributed by atoms with Gasteiger partial charge in [-0.05, 0) is 308 Å². The normalized spacial score (nSPS) is 12.1. The lowest BCUT2D eigenvalue weighted by atomic mass is 9.88. The van der Waals surface area contributed by atoms with E-state index in [1.807, 2.05) is 0 Å². The van der Waals surface area contributed by atoms with E-state index in [9.17, 15) is 0 Å².